The average Bonchev–Trinajstić information content (AvgIpc) is 2.46. The third kappa shape index (κ3) is 3.63. The van der Waals surface area contributed by atoms with Crippen molar-refractivity contribution >= 4 is 15.7 Å². The first-order valence-corrected chi connectivity index (χ1v) is 8.97. The molecule has 0 bridgehead atoms. The third-order valence-corrected chi connectivity index (χ3v) is 5.64. The number of nitrogens with zero attached hydrogens (tertiary/aromatic N) is 1. The lowest BCUT2D eigenvalue weighted by Gasteiger charge is -2.31. The SMILES string of the molecule is CCCS(=O)(=O)c1ccccc1C(=O)N1CCC[C@@H](N)C1. The first-order chi connectivity index (χ1) is 9.95. The Morgan fingerprint density at radius 3 is 2.76 bits per heavy atom. The van der Waals surface area contributed by atoms with Crippen LogP contribution in [0.3, 0.4) is 0 Å². The Bertz CT molecular complexity index is 613. The second kappa shape index (κ2) is 6.58. The summed E-state index contributed by atoms with van der Waals surface area (Å²) < 4.78 is 24.6. The number of sulfone groups is 1. The standard InChI is InChI=1S/C15H22N2O3S/c1-2-10-21(19,20)14-8-4-3-7-13(14)15(18)17-9-5-6-12(16)11-17/h3-4,7-8,12H,2,5-6,9-11,16H2,1H3/t12-/m1/s1. The second-order valence-electron chi connectivity index (χ2n) is 5.47. The van der Waals surface area contributed by atoms with E-state index in [1.165, 1.54) is 6.07 Å². The minimum Gasteiger partial charge on any atom is -0.337 e. The number of benzene rings is 1. The molecular formula is C15H22N2O3S. The topological polar surface area (TPSA) is 80.5 Å². The van der Waals surface area contributed by atoms with Crippen LogP contribution in [0.4, 0.5) is 0 Å². The van der Waals surface area contributed by atoms with Crippen LogP contribution in [0.5, 0.6) is 0 Å². The molecule has 6 heteroatoms. The number of nitrogens with two attached hydrogens (primary N) is 1. The van der Waals surface area contributed by atoms with E-state index in [0.717, 1.165) is 12.8 Å². The van der Waals surface area contributed by atoms with Crippen LogP contribution >= 0.6 is 0 Å². The highest BCUT2D eigenvalue weighted by Crippen LogP contribution is 2.21. The predicted molar refractivity (Wildman–Crippen MR) is 81.9 cm³/mol. The molecule has 0 radical (unpaired) electrons. The maximum atomic E-state index is 12.6. The van der Waals surface area contributed by atoms with Crippen molar-refractivity contribution in [2.45, 2.75) is 37.1 Å². The summed E-state index contributed by atoms with van der Waals surface area (Å²) >= 11 is 0. The van der Waals surface area contributed by atoms with Crippen molar-refractivity contribution in [1.82, 2.24) is 4.90 Å². The van der Waals surface area contributed by atoms with Gasteiger partial charge in [0.1, 0.15) is 0 Å². The molecule has 1 heterocycles. The van der Waals surface area contributed by atoms with Crippen molar-refractivity contribution < 1.29 is 13.2 Å². The highest BCUT2D eigenvalue weighted by Gasteiger charge is 2.27. The van der Waals surface area contributed by atoms with Gasteiger partial charge < -0.3 is 10.6 Å². The quantitative estimate of drug-likeness (QED) is 0.912. The van der Waals surface area contributed by atoms with Crippen LogP contribution in [0.2, 0.25) is 0 Å². The summed E-state index contributed by atoms with van der Waals surface area (Å²) in [6, 6.07) is 6.43. The summed E-state index contributed by atoms with van der Waals surface area (Å²) in [6.07, 6.45) is 2.29. The maximum absolute atomic E-state index is 12.6. The molecule has 0 saturated carbocycles. The molecule has 2 rings (SSSR count). The molecule has 1 aromatic carbocycles. The molecule has 1 saturated heterocycles. The summed E-state index contributed by atoms with van der Waals surface area (Å²) in [5.74, 6) is -0.183. The Morgan fingerprint density at radius 2 is 2.10 bits per heavy atom. The van der Waals surface area contributed by atoms with Crippen LogP contribution in [0.15, 0.2) is 29.2 Å². The van der Waals surface area contributed by atoms with Crippen LogP contribution < -0.4 is 5.73 Å². The summed E-state index contributed by atoms with van der Waals surface area (Å²) in [7, 11) is -3.42. The molecule has 0 aromatic heterocycles. The molecule has 1 aliphatic rings. The Balaban J connectivity index is 2.34. The van der Waals surface area contributed by atoms with Crippen molar-refractivity contribution in [2.75, 3.05) is 18.8 Å². The van der Waals surface area contributed by atoms with E-state index in [4.69, 9.17) is 5.73 Å². The first-order valence-electron chi connectivity index (χ1n) is 7.32. The van der Waals surface area contributed by atoms with Gasteiger partial charge in [-0.2, -0.15) is 0 Å². The fourth-order valence-electron chi connectivity index (χ4n) is 2.66. The monoisotopic (exact) mass is 310 g/mol. The molecule has 1 atom stereocenters. The molecule has 21 heavy (non-hydrogen) atoms. The Labute approximate surface area is 126 Å². The number of carbonyl (C=O) groups excluding carboxylic acids is 1. The van der Waals surface area contributed by atoms with E-state index in [2.05, 4.69) is 0 Å². The van der Waals surface area contributed by atoms with Gasteiger partial charge in [-0.15, -0.1) is 0 Å². The van der Waals surface area contributed by atoms with Crippen LogP contribution in [0.1, 0.15) is 36.5 Å². The molecule has 0 unspecified atom stereocenters. The molecule has 1 amide bonds. The van der Waals surface area contributed by atoms with Gasteiger partial charge in [0.15, 0.2) is 9.84 Å². The predicted octanol–water partition coefficient (Wildman–Crippen LogP) is 1.43. The highest BCUT2D eigenvalue weighted by molar-refractivity contribution is 7.91. The van der Waals surface area contributed by atoms with E-state index < -0.39 is 9.84 Å². The normalized spacial score (nSPS) is 19.5. The summed E-state index contributed by atoms with van der Waals surface area (Å²) in [5, 5.41) is 0. The smallest absolute Gasteiger partial charge is 0.255 e. The van der Waals surface area contributed by atoms with Gasteiger partial charge in [0, 0.05) is 19.1 Å². The molecule has 116 valence electrons. The van der Waals surface area contributed by atoms with Crippen LogP contribution in [-0.2, 0) is 9.84 Å². The second-order valence-corrected chi connectivity index (χ2v) is 7.55. The minimum absolute atomic E-state index is 0.0258. The number of hydrogen-bond donors (Lipinski definition) is 1. The van der Waals surface area contributed by atoms with E-state index in [0.29, 0.717) is 19.5 Å². The zero-order chi connectivity index (χ0) is 15.5. The number of hydrogen-bond acceptors (Lipinski definition) is 4. The Morgan fingerprint density at radius 1 is 1.38 bits per heavy atom. The van der Waals surface area contributed by atoms with Gasteiger partial charge in [-0.1, -0.05) is 19.1 Å². The van der Waals surface area contributed by atoms with Crippen molar-refractivity contribution in [3.05, 3.63) is 29.8 Å². The van der Waals surface area contributed by atoms with Crippen LogP contribution in [0.25, 0.3) is 0 Å². The van der Waals surface area contributed by atoms with E-state index in [1.54, 1.807) is 23.1 Å². The van der Waals surface area contributed by atoms with Gasteiger partial charge in [-0.25, -0.2) is 8.42 Å². The van der Waals surface area contributed by atoms with Crippen molar-refractivity contribution in [3.8, 4) is 0 Å². The lowest BCUT2D eigenvalue weighted by atomic mass is 10.1. The van der Waals surface area contributed by atoms with Gasteiger partial charge in [-0.05, 0) is 31.4 Å². The highest BCUT2D eigenvalue weighted by atomic mass is 32.2. The van der Waals surface area contributed by atoms with Gasteiger partial charge in [0.25, 0.3) is 5.91 Å². The zero-order valence-corrected chi connectivity index (χ0v) is 13.1. The minimum atomic E-state index is -3.42. The molecule has 0 aliphatic carbocycles. The average molecular weight is 310 g/mol. The fraction of sp³-hybridized carbons (Fsp3) is 0.533. The molecular weight excluding hydrogens is 288 g/mol. The summed E-state index contributed by atoms with van der Waals surface area (Å²) in [6.45, 7) is 2.93. The van der Waals surface area contributed by atoms with E-state index in [-0.39, 0.29) is 28.2 Å². The molecule has 2 N–H and O–H groups in total. The van der Waals surface area contributed by atoms with Gasteiger partial charge in [-0.3, -0.25) is 4.79 Å². The number of carbonyl (C=O) groups is 1. The van der Waals surface area contributed by atoms with E-state index in [9.17, 15) is 13.2 Å². The van der Waals surface area contributed by atoms with Gasteiger partial charge in [0.2, 0.25) is 0 Å². The van der Waals surface area contributed by atoms with Crippen LogP contribution in [-0.4, -0.2) is 44.1 Å². The van der Waals surface area contributed by atoms with E-state index in [1.807, 2.05) is 6.92 Å². The third-order valence-electron chi connectivity index (χ3n) is 3.67. The number of likely N-dealkylation sites (tertiary alicyclic amines) is 1. The van der Waals surface area contributed by atoms with Crippen molar-refractivity contribution in [1.29, 1.82) is 0 Å². The summed E-state index contributed by atoms with van der Waals surface area (Å²) in [4.78, 5) is 14.4. The fourth-order valence-corrected chi connectivity index (χ4v) is 4.19. The first kappa shape index (κ1) is 16.0. The van der Waals surface area contributed by atoms with Gasteiger partial charge >= 0.3 is 0 Å². The molecule has 1 aromatic rings. The maximum Gasteiger partial charge on any atom is 0.255 e. The molecule has 1 aliphatic heterocycles. The van der Waals surface area contributed by atoms with Gasteiger partial charge in [0.05, 0.1) is 16.2 Å². The Kier molecular flexibility index (Phi) is 5.00. The van der Waals surface area contributed by atoms with Crippen LogP contribution in [0, 0.1) is 0 Å². The number of amides is 1. The Hall–Kier alpha value is -1.40. The number of rotatable bonds is 4. The lowest BCUT2D eigenvalue weighted by molar-refractivity contribution is 0.0705. The summed E-state index contributed by atoms with van der Waals surface area (Å²) in [5.41, 5.74) is 6.16. The van der Waals surface area contributed by atoms with Crippen molar-refractivity contribution in [3.63, 3.8) is 0 Å². The lowest BCUT2D eigenvalue weighted by Crippen LogP contribution is -2.46. The van der Waals surface area contributed by atoms with E-state index >= 15 is 0 Å². The molecule has 1 fully saturated rings. The van der Waals surface area contributed by atoms with Crippen molar-refractivity contribution in [2.24, 2.45) is 5.73 Å². The molecule has 5 nitrogen and oxygen atoms in total. The number of piperidine rings is 1. The largest absolute Gasteiger partial charge is 0.337 e. The zero-order valence-electron chi connectivity index (χ0n) is 12.3. The molecule has 0 spiro atoms.